The van der Waals surface area contributed by atoms with E-state index in [9.17, 15) is 15.0 Å². The molecule has 0 unspecified atom stereocenters. The number of aliphatic hydroxyl groups is 2. The molecule has 0 aromatic heterocycles. The summed E-state index contributed by atoms with van der Waals surface area (Å²) in [6.45, 7) is 3.57. The van der Waals surface area contributed by atoms with Crippen molar-refractivity contribution in [3.05, 3.63) is 29.3 Å². The lowest BCUT2D eigenvalue weighted by molar-refractivity contribution is -0.131. The van der Waals surface area contributed by atoms with E-state index in [-0.39, 0.29) is 23.4 Å². The minimum Gasteiger partial charge on any atom is -0.427 e. The van der Waals surface area contributed by atoms with Crippen molar-refractivity contribution in [3.8, 4) is 5.75 Å². The van der Waals surface area contributed by atoms with Gasteiger partial charge in [-0.15, -0.1) is 0 Å². The van der Waals surface area contributed by atoms with E-state index in [2.05, 4.69) is 6.92 Å². The third kappa shape index (κ3) is 2.31. The van der Waals surface area contributed by atoms with Crippen LogP contribution in [0.15, 0.2) is 18.2 Å². The summed E-state index contributed by atoms with van der Waals surface area (Å²) in [6.07, 6.45) is 3.87. The second-order valence-electron chi connectivity index (χ2n) is 8.16. The molecule has 1 aromatic rings. The van der Waals surface area contributed by atoms with Crippen molar-refractivity contribution in [2.75, 3.05) is 0 Å². The monoisotopic (exact) mass is 330 g/mol. The van der Waals surface area contributed by atoms with Crippen molar-refractivity contribution >= 4 is 5.97 Å². The highest BCUT2D eigenvalue weighted by atomic mass is 16.5. The van der Waals surface area contributed by atoms with Gasteiger partial charge in [-0.3, -0.25) is 4.79 Å². The van der Waals surface area contributed by atoms with Gasteiger partial charge in [0.25, 0.3) is 0 Å². The molecule has 0 radical (unpaired) electrons. The Balaban J connectivity index is 1.68. The summed E-state index contributed by atoms with van der Waals surface area (Å²) in [5.74, 6) is 1.34. The zero-order chi connectivity index (χ0) is 17.1. The van der Waals surface area contributed by atoms with E-state index in [0.29, 0.717) is 24.0 Å². The molecular formula is C20H26O4. The maximum absolute atomic E-state index is 11.2. The van der Waals surface area contributed by atoms with Crippen molar-refractivity contribution in [1.29, 1.82) is 0 Å². The Morgan fingerprint density at radius 1 is 1.25 bits per heavy atom. The van der Waals surface area contributed by atoms with Gasteiger partial charge in [0.15, 0.2) is 0 Å². The molecular weight excluding hydrogens is 304 g/mol. The number of hydrogen-bond donors (Lipinski definition) is 2. The molecule has 130 valence electrons. The van der Waals surface area contributed by atoms with Crippen LogP contribution < -0.4 is 4.74 Å². The minimum absolute atomic E-state index is 0.142. The Hall–Kier alpha value is -1.39. The summed E-state index contributed by atoms with van der Waals surface area (Å²) in [5, 5.41) is 21.3. The number of hydrogen-bond acceptors (Lipinski definition) is 4. The van der Waals surface area contributed by atoms with E-state index in [1.807, 2.05) is 18.2 Å². The van der Waals surface area contributed by atoms with Crippen LogP contribution in [0.25, 0.3) is 0 Å². The van der Waals surface area contributed by atoms with Gasteiger partial charge in [0.1, 0.15) is 5.75 Å². The number of ether oxygens (including phenoxy) is 1. The van der Waals surface area contributed by atoms with Crippen molar-refractivity contribution in [1.82, 2.24) is 0 Å². The van der Waals surface area contributed by atoms with Gasteiger partial charge in [-0.1, -0.05) is 13.0 Å². The fraction of sp³-hybridized carbons (Fsp3) is 0.650. The average Bonchev–Trinajstić information content (AvgIpc) is 2.81. The molecule has 4 nitrogen and oxygen atoms in total. The Morgan fingerprint density at radius 3 is 2.79 bits per heavy atom. The van der Waals surface area contributed by atoms with Crippen LogP contribution >= 0.6 is 0 Å². The first-order valence-corrected chi connectivity index (χ1v) is 9.07. The summed E-state index contributed by atoms with van der Waals surface area (Å²) in [5.41, 5.74) is 2.25. The zero-order valence-electron chi connectivity index (χ0n) is 14.4. The molecule has 6 atom stereocenters. The molecule has 3 aliphatic rings. The lowest BCUT2D eigenvalue weighted by atomic mass is 9.54. The number of aliphatic hydroxyl groups excluding tert-OH is 2. The van der Waals surface area contributed by atoms with Crippen LogP contribution in [-0.2, 0) is 11.2 Å². The Kier molecular flexibility index (Phi) is 3.73. The van der Waals surface area contributed by atoms with E-state index in [4.69, 9.17) is 4.74 Å². The summed E-state index contributed by atoms with van der Waals surface area (Å²) < 4.78 is 5.21. The highest BCUT2D eigenvalue weighted by molar-refractivity contribution is 5.69. The van der Waals surface area contributed by atoms with E-state index in [1.165, 1.54) is 18.1 Å². The van der Waals surface area contributed by atoms with Gasteiger partial charge in [0.2, 0.25) is 0 Å². The second-order valence-corrected chi connectivity index (χ2v) is 8.16. The van der Waals surface area contributed by atoms with Crippen LogP contribution in [0, 0.1) is 17.3 Å². The first-order valence-electron chi connectivity index (χ1n) is 9.07. The molecule has 0 spiro atoms. The van der Waals surface area contributed by atoms with Crippen LogP contribution in [0.3, 0.4) is 0 Å². The highest BCUT2D eigenvalue weighted by Gasteiger charge is 2.57. The number of benzene rings is 1. The zero-order valence-corrected chi connectivity index (χ0v) is 14.4. The number of carbonyl (C=O) groups is 1. The van der Waals surface area contributed by atoms with Gasteiger partial charge in [0.05, 0.1) is 12.2 Å². The molecule has 2 N–H and O–H groups in total. The normalized spacial score (nSPS) is 40.4. The maximum atomic E-state index is 11.2. The minimum atomic E-state index is -0.414. The van der Waals surface area contributed by atoms with Gasteiger partial charge in [0, 0.05) is 12.8 Å². The van der Waals surface area contributed by atoms with E-state index in [0.717, 1.165) is 25.7 Å². The van der Waals surface area contributed by atoms with Crippen LogP contribution in [-0.4, -0.2) is 28.4 Å². The van der Waals surface area contributed by atoms with E-state index in [1.54, 1.807) is 0 Å². The summed E-state index contributed by atoms with van der Waals surface area (Å²) in [7, 11) is 0. The standard InChI is InChI=1S/C20H26O4/c1-11(21)24-13-4-6-14-12(9-13)3-5-15-16-7-8-18(23)20(16,2)10-17(22)19(14)15/h4,6,9,15-19,22-23H,3,5,7-8,10H2,1-2H3/t15-,16-,17+,18+,19+,20-/m0/s1. The molecule has 0 amide bonds. The molecule has 3 aliphatic carbocycles. The molecule has 0 heterocycles. The molecule has 1 aromatic carbocycles. The lowest BCUT2D eigenvalue weighted by Gasteiger charge is -2.52. The quantitative estimate of drug-likeness (QED) is 0.614. The van der Waals surface area contributed by atoms with Crippen LogP contribution in [0.2, 0.25) is 0 Å². The van der Waals surface area contributed by atoms with Crippen molar-refractivity contribution in [2.45, 2.75) is 64.1 Å². The van der Waals surface area contributed by atoms with Gasteiger partial charge in [-0.2, -0.15) is 0 Å². The van der Waals surface area contributed by atoms with Crippen molar-refractivity contribution < 1.29 is 19.7 Å². The summed E-state index contributed by atoms with van der Waals surface area (Å²) >= 11 is 0. The molecule has 24 heavy (non-hydrogen) atoms. The number of rotatable bonds is 1. The van der Waals surface area contributed by atoms with Gasteiger partial charge < -0.3 is 14.9 Å². The number of esters is 1. The number of fused-ring (bicyclic) bond motifs is 5. The number of aryl methyl sites for hydroxylation is 1. The highest BCUT2D eigenvalue weighted by Crippen LogP contribution is 2.60. The van der Waals surface area contributed by atoms with Gasteiger partial charge in [-0.05, 0) is 72.6 Å². The number of carbonyl (C=O) groups excluding carboxylic acids is 1. The fourth-order valence-corrected chi connectivity index (χ4v) is 5.84. The Bertz CT molecular complexity index is 670. The van der Waals surface area contributed by atoms with Crippen LogP contribution in [0.5, 0.6) is 5.75 Å². The first kappa shape index (κ1) is 16.1. The second kappa shape index (κ2) is 5.57. The molecule has 4 rings (SSSR count). The van der Waals surface area contributed by atoms with Gasteiger partial charge in [-0.25, -0.2) is 0 Å². The topological polar surface area (TPSA) is 66.8 Å². The largest absolute Gasteiger partial charge is 0.427 e. The molecule has 2 fully saturated rings. The Morgan fingerprint density at radius 2 is 2.04 bits per heavy atom. The summed E-state index contributed by atoms with van der Waals surface area (Å²) in [6, 6.07) is 5.82. The Labute approximate surface area is 142 Å². The SMILES string of the molecule is CC(=O)Oc1ccc2c(c1)CC[C@@H]1[C@@H]2[C@H](O)C[C@]2(C)[C@H](O)CC[C@@H]12. The molecule has 0 bridgehead atoms. The van der Waals surface area contributed by atoms with Crippen LogP contribution in [0.1, 0.15) is 56.6 Å². The molecule has 0 aliphatic heterocycles. The summed E-state index contributed by atoms with van der Waals surface area (Å²) in [4.78, 5) is 11.2. The van der Waals surface area contributed by atoms with Gasteiger partial charge >= 0.3 is 5.97 Å². The lowest BCUT2D eigenvalue weighted by Crippen LogP contribution is -2.50. The first-order chi connectivity index (χ1) is 11.4. The molecule has 0 saturated heterocycles. The van der Waals surface area contributed by atoms with E-state index < -0.39 is 6.10 Å². The predicted octanol–water partition coefficient (Wildman–Crippen LogP) is 2.80. The molecule has 2 saturated carbocycles. The maximum Gasteiger partial charge on any atom is 0.308 e. The fourth-order valence-electron chi connectivity index (χ4n) is 5.84. The van der Waals surface area contributed by atoms with Crippen molar-refractivity contribution in [2.24, 2.45) is 17.3 Å². The van der Waals surface area contributed by atoms with E-state index >= 15 is 0 Å². The molecule has 4 heteroatoms. The van der Waals surface area contributed by atoms with Crippen molar-refractivity contribution in [3.63, 3.8) is 0 Å². The average molecular weight is 330 g/mol. The third-order valence-corrected chi connectivity index (χ3v) is 6.88. The third-order valence-electron chi connectivity index (χ3n) is 6.88. The predicted molar refractivity (Wildman–Crippen MR) is 89.8 cm³/mol. The smallest absolute Gasteiger partial charge is 0.308 e. The van der Waals surface area contributed by atoms with Crippen LogP contribution in [0.4, 0.5) is 0 Å².